The number of pyridine rings is 1. The van der Waals surface area contributed by atoms with Gasteiger partial charge < -0.3 is 14.6 Å². The number of ether oxygens (including phenoxy) is 1. The normalized spacial score (nSPS) is 11.4. The summed E-state index contributed by atoms with van der Waals surface area (Å²) in [6, 6.07) is 13.5. The first-order chi connectivity index (χ1) is 15.4. The molecule has 0 saturated heterocycles. The van der Waals surface area contributed by atoms with Crippen LogP contribution in [0.5, 0.6) is 0 Å². The van der Waals surface area contributed by atoms with Crippen molar-refractivity contribution in [1.29, 1.82) is 0 Å². The first-order valence-electron chi connectivity index (χ1n) is 9.76. The van der Waals surface area contributed by atoms with E-state index in [0.717, 1.165) is 5.56 Å². The molecule has 1 unspecified atom stereocenters. The smallest absolute Gasteiger partial charge is 0.341 e. The second-order valence-electron chi connectivity index (χ2n) is 6.78. The van der Waals surface area contributed by atoms with E-state index in [4.69, 9.17) is 9.26 Å². The molecule has 3 aromatic rings. The average Bonchev–Trinajstić information content (AvgIpc) is 3.22. The number of nitrogens with one attached hydrogen (secondary N) is 2. The van der Waals surface area contributed by atoms with Crippen LogP contribution >= 0.6 is 11.8 Å². The Hall–Kier alpha value is -3.66. The van der Waals surface area contributed by atoms with E-state index in [9.17, 15) is 14.4 Å². The fourth-order valence-corrected chi connectivity index (χ4v) is 3.47. The number of hydrogen-bond donors (Lipinski definition) is 2. The SMILES string of the molecule is Cc1cc(CSc2ncccc2C(=O)OC(C)C(=O)NC(=O)NCc2ccccc2)no1. The van der Waals surface area contributed by atoms with E-state index in [2.05, 4.69) is 20.8 Å². The number of hydrogen-bond acceptors (Lipinski definition) is 8. The lowest BCUT2D eigenvalue weighted by molar-refractivity contribution is -0.127. The molecule has 32 heavy (non-hydrogen) atoms. The maximum Gasteiger partial charge on any atom is 0.341 e. The van der Waals surface area contributed by atoms with Crippen molar-refractivity contribution in [2.75, 3.05) is 0 Å². The van der Waals surface area contributed by atoms with Gasteiger partial charge in [-0.25, -0.2) is 14.6 Å². The van der Waals surface area contributed by atoms with E-state index >= 15 is 0 Å². The Kier molecular flexibility index (Phi) is 7.98. The van der Waals surface area contributed by atoms with Gasteiger partial charge in [0.2, 0.25) is 0 Å². The lowest BCUT2D eigenvalue weighted by Crippen LogP contribution is -2.44. The Bertz CT molecular complexity index is 1090. The molecule has 1 atom stereocenters. The third kappa shape index (κ3) is 6.67. The third-order valence-electron chi connectivity index (χ3n) is 4.21. The highest BCUT2D eigenvalue weighted by atomic mass is 32.2. The second-order valence-corrected chi connectivity index (χ2v) is 7.74. The maximum absolute atomic E-state index is 12.6. The molecule has 2 aromatic heterocycles. The number of nitrogens with zero attached hydrogens (tertiary/aromatic N) is 2. The van der Waals surface area contributed by atoms with Crippen LogP contribution in [0.3, 0.4) is 0 Å². The van der Waals surface area contributed by atoms with E-state index < -0.39 is 24.0 Å². The molecule has 0 aliphatic heterocycles. The summed E-state index contributed by atoms with van der Waals surface area (Å²) in [7, 11) is 0. The van der Waals surface area contributed by atoms with Gasteiger partial charge in [0.15, 0.2) is 6.10 Å². The summed E-state index contributed by atoms with van der Waals surface area (Å²) in [5.74, 6) is -0.315. The third-order valence-corrected chi connectivity index (χ3v) is 5.25. The van der Waals surface area contributed by atoms with Crippen LogP contribution in [0.25, 0.3) is 0 Å². The lowest BCUT2D eigenvalue weighted by atomic mass is 10.2. The summed E-state index contributed by atoms with van der Waals surface area (Å²) in [5.41, 5.74) is 1.81. The minimum absolute atomic E-state index is 0.214. The number of thioether (sulfide) groups is 1. The molecule has 0 aliphatic rings. The minimum atomic E-state index is -1.18. The Labute approximate surface area is 188 Å². The summed E-state index contributed by atoms with van der Waals surface area (Å²) in [6.07, 6.45) is 0.376. The fraction of sp³-hybridized carbons (Fsp3) is 0.227. The zero-order valence-corrected chi connectivity index (χ0v) is 18.3. The van der Waals surface area contributed by atoms with Crippen molar-refractivity contribution in [3.63, 3.8) is 0 Å². The number of amides is 3. The van der Waals surface area contributed by atoms with Crippen LogP contribution in [0.15, 0.2) is 64.3 Å². The Morgan fingerprint density at radius 1 is 1.16 bits per heavy atom. The van der Waals surface area contributed by atoms with Crippen LogP contribution in [0.2, 0.25) is 0 Å². The van der Waals surface area contributed by atoms with Crippen LogP contribution in [-0.2, 0) is 21.8 Å². The molecule has 166 valence electrons. The molecule has 3 rings (SSSR count). The van der Waals surface area contributed by atoms with E-state index in [1.165, 1.54) is 18.7 Å². The zero-order valence-electron chi connectivity index (χ0n) is 17.5. The summed E-state index contributed by atoms with van der Waals surface area (Å²) in [5, 5.41) is 9.08. The summed E-state index contributed by atoms with van der Waals surface area (Å²) in [6.45, 7) is 3.44. The minimum Gasteiger partial charge on any atom is -0.449 e. The van der Waals surface area contributed by atoms with E-state index in [0.29, 0.717) is 22.2 Å². The van der Waals surface area contributed by atoms with Crippen molar-refractivity contribution < 1.29 is 23.6 Å². The molecular weight excluding hydrogens is 432 g/mol. The number of benzene rings is 1. The van der Waals surface area contributed by atoms with Crippen LogP contribution in [-0.4, -0.2) is 34.2 Å². The van der Waals surface area contributed by atoms with Crippen molar-refractivity contribution >= 4 is 29.7 Å². The Morgan fingerprint density at radius 2 is 1.94 bits per heavy atom. The van der Waals surface area contributed by atoms with Gasteiger partial charge in [0.05, 0.1) is 11.3 Å². The van der Waals surface area contributed by atoms with Gasteiger partial charge in [0.25, 0.3) is 5.91 Å². The van der Waals surface area contributed by atoms with Gasteiger partial charge in [0.1, 0.15) is 10.8 Å². The van der Waals surface area contributed by atoms with Gasteiger partial charge in [-0.05, 0) is 31.5 Å². The molecule has 10 heteroatoms. The van der Waals surface area contributed by atoms with Crippen molar-refractivity contribution in [2.24, 2.45) is 0 Å². The van der Waals surface area contributed by atoms with Crippen LogP contribution in [0, 0.1) is 6.92 Å². The van der Waals surface area contributed by atoms with Gasteiger partial charge in [0, 0.05) is 24.6 Å². The topological polar surface area (TPSA) is 123 Å². The average molecular weight is 455 g/mol. The van der Waals surface area contributed by atoms with Gasteiger partial charge in [-0.15, -0.1) is 0 Å². The number of carbonyl (C=O) groups is 3. The van der Waals surface area contributed by atoms with E-state index in [1.54, 1.807) is 31.3 Å². The first-order valence-corrected chi connectivity index (χ1v) is 10.7. The molecule has 0 aliphatic carbocycles. The number of aromatic nitrogens is 2. The largest absolute Gasteiger partial charge is 0.449 e. The Balaban J connectivity index is 1.52. The predicted molar refractivity (Wildman–Crippen MR) is 117 cm³/mol. The monoisotopic (exact) mass is 454 g/mol. The number of imide groups is 1. The number of carbonyl (C=O) groups excluding carboxylic acids is 3. The van der Waals surface area contributed by atoms with Crippen LogP contribution in [0.1, 0.15) is 34.3 Å². The molecule has 1 aromatic carbocycles. The molecule has 0 fully saturated rings. The van der Waals surface area contributed by atoms with Crippen LogP contribution in [0.4, 0.5) is 4.79 Å². The predicted octanol–water partition coefficient (Wildman–Crippen LogP) is 3.24. The molecule has 0 bridgehead atoms. The lowest BCUT2D eigenvalue weighted by Gasteiger charge is -2.14. The molecule has 0 spiro atoms. The van der Waals surface area contributed by atoms with Crippen molar-refractivity contribution in [1.82, 2.24) is 20.8 Å². The van der Waals surface area contributed by atoms with Crippen molar-refractivity contribution in [3.05, 3.63) is 77.3 Å². The number of aryl methyl sites for hydroxylation is 1. The van der Waals surface area contributed by atoms with Crippen molar-refractivity contribution in [3.8, 4) is 0 Å². The standard InChI is InChI=1S/C22H22N4O5S/c1-14-11-17(26-31-14)13-32-20-18(9-6-10-23-20)21(28)30-15(2)19(27)25-22(29)24-12-16-7-4-3-5-8-16/h3-11,15H,12-13H2,1-2H3,(H2,24,25,27,29). The number of esters is 1. The highest BCUT2D eigenvalue weighted by Crippen LogP contribution is 2.25. The first kappa shape index (κ1) is 23.0. The van der Waals surface area contributed by atoms with Gasteiger partial charge in [-0.3, -0.25) is 10.1 Å². The fourth-order valence-electron chi connectivity index (χ4n) is 2.60. The molecule has 2 heterocycles. The summed E-state index contributed by atoms with van der Waals surface area (Å²) >= 11 is 1.29. The van der Waals surface area contributed by atoms with E-state index in [1.807, 2.05) is 30.3 Å². The highest BCUT2D eigenvalue weighted by molar-refractivity contribution is 7.98. The molecule has 0 saturated carbocycles. The molecule has 0 radical (unpaired) electrons. The molecule has 9 nitrogen and oxygen atoms in total. The summed E-state index contributed by atoms with van der Waals surface area (Å²) < 4.78 is 10.3. The van der Waals surface area contributed by atoms with Crippen molar-refractivity contribution in [2.45, 2.75) is 37.3 Å². The number of rotatable bonds is 8. The van der Waals surface area contributed by atoms with Gasteiger partial charge >= 0.3 is 12.0 Å². The quantitative estimate of drug-likeness (QED) is 0.393. The second kappa shape index (κ2) is 11.1. The van der Waals surface area contributed by atoms with E-state index in [-0.39, 0.29) is 12.1 Å². The summed E-state index contributed by atoms with van der Waals surface area (Å²) in [4.78, 5) is 41.0. The highest BCUT2D eigenvalue weighted by Gasteiger charge is 2.23. The van der Waals surface area contributed by atoms with Crippen LogP contribution < -0.4 is 10.6 Å². The zero-order chi connectivity index (χ0) is 22.9. The van der Waals surface area contributed by atoms with Gasteiger partial charge in [-0.2, -0.15) is 0 Å². The number of urea groups is 1. The molecule has 3 amide bonds. The molecular formula is C22H22N4O5S. The Morgan fingerprint density at radius 3 is 2.66 bits per heavy atom. The maximum atomic E-state index is 12.6. The van der Waals surface area contributed by atoms with Gasteiger partial charge in [-0.1, -0.05) is 47.3 Å². The molecule has 2 N–H and O–H groups in total.